The van der Waals surface area contributed by atoms with Crippen LogP contribution in [0.4, 0.5) is 4.39 Å². The minimum Gasteiger partial charge on any atom is -0.313 e. The summed E-state index contributed by atoms with van der Waals surface area (Å²) in [6, 6.07) is 7.31. The third-order valence-corrected chi connectivity index (χ3v) is 4.14. The molecule has 1 atom stereocenters. The van der Waals surface area contributed by atoms with Crippen LogP contribution in [-0.2, 0) is 0 Å². The second kappa shape index (κ2) is 6.89. The molecule has 0 radical (unpaired) electrons. The minimum atomic E-state index is -0.131. The molecule has 0 amide bonds. The van der Waals surface area contributed by atoms with Crippen LogP contribution >= 0.6 is 0 Å². The molecule has 0 heterocycles. The van der Waals surface area contributed by atoms with Gasteiger partial charge in [-0.05, 0) is 37.1 Å². The largest absolute Gasteiger partial charge is 0.313 e. The Morgan fingerprint density at radius 3 is 2.56 bits per heavy atom. The average molecular weight is 249 g/mol. The van der Waals surface area contributed by atoms with Gasteiger partial charge in [0, 0.05) is 6.04 Å². The zero-order valence-electron chi connectivity index (χ0n) is 11.3. The number of nitrogens with one attached hydrogen (secondary N) is 1. The number of halogens is 1. The van der Waals surface area contributed by atoms with Crippen LogP contribution < -0.4 is 5.32 Å². The number of hydrogen-bond acceptors (Lipinski definition) is 1. The second-order valence-corrected chi connectivity index (χ2v) is 5.49. The summed E-state index contributed by atoms with van der Waals surface area (Å²) >= 11 is 0. The van der Waals surface area contributed by atoms with Gasteiger partial charge in [-0.15, -0.1) is 0 Å². The molecule has 1 aliphatic carbocycles. The van der Waals surface area contributed by atoms with Crippen LogP contribution in [0.2, 0.25) is 0 Å². The third-order valence-electron chi connectivity index (χ3n) is 4.14. The maximum atomic E-state index is 13.3. The topological polar surface area (TPSA) is 12.0 Å². The van der Waals surface area contributed by atoms with Gasteiger partial charge in [0.05, 0.1) is 0 Å². The first kappa shape index (κ1) is 13.5. The van der Waals surface area contributed by atoms with E-state index in [4.69, 9.17) is 0 Å². The van der Waals surface area contributed by atoms with Gasteiger partial charge < -0.3 is 5.32 Å². The van der Waals surface area contributed by atoms with Crippen molar-refractivity contribution in [2.75, 3.05) is 7.05 Å². The van der Waals surface area contributed by atoms with E-state index in [1.54, 1.807) is 6.07 Å². The first-order valence-electron chi connectivity index (χ1n) is 7.22. The normalized spacial score (nSPS) is 19.4. The molecule has 1 aliphatic rings. The van der Waals surface area contributed by atoms with E-state index in [1.807, 2.05) is 19.2 Å². The van der Waals surface area contributed by atoms with Gasteiger partial charge >= 0.3 is 0 Å². The van der Waals surface area contributed by atoms with Crippen LogP contribution in [0.1, 0.15) is 56.6 Å². The van der Waals surface area contributed by atoms with Gasteiger partial charge in [0.25, 0.3) is 0 Å². The van der Waals surface area contributed by atoms with Crippen molar-refractivity contribution in [1.82, 2.24) is 5.32 Å². The molecule has 0 aliphatic heterocycles. The summed E-state index contributed by atoms with van der Waals surface area (Å²) in [5.74, 6) is 0.668. The summed E-state index contributed by atoms with van der Waals surface area (Å²) in [7, 11) is 1.98. The molecule has 18 heavy (non-hydrogen) atoms. The molecule has 100 valence electrons. The smallest absolute Gasteiger partial charge is 0.123 e. The van der Waals surface area contributed by atoms with Crippen LogP contribution in [0, 0.1) is 11.7 Å². The van der Waals surface area contributed by atoms with Crippen molar-refractivity contribution in [2.45, 2.75) is 51.0 Å². The molecule has 0 spiro atoms. The molecule has 0 bridgehead atoms. The van der Waals surface area contributed by atoms with E-state index < -0.39 is 0 Å². The Morgan fingerprint density at radius 1 is 1.22 bits per heavy atom. The standard InChI is InChI=1S/C16H24FN/c1-18-16(14-9-6-10-15(17)12-14)11-13-7-4-2-3-5-8-13/h6,9-10,12-13,16,18H,2-5,7-8,11H2,1H3. The lowest BCUT2D eigenvalue weighted by atomic mass is 9.89. The highest BCUT2D eigenvalue weighted by Gasteiger charge is 2.18. The number of rotatable bonds is 4. The molecule has 1 N–H and O–H groups in total. The lowest BCUT2D eigenvalue weighted by molar-refractivity contribution is 0.367. The van der Waals surface area contributed by atoms with E-state index in [-0.39, 0.29) is 5.82 Å². The van der Waals surface area contributed by atoms with Crippen molar-refractivity contribution >= 4 is 0 Å². The fourth-order valence-corrected chi connectivity index (χ4v) is 3.08. The first-order valence-corrected chi connectivity index (χ1v) is 7.22. The van der Waals surface area contributed by atoms with E-state index in [1.165, 1.54) is 44.6 Å². The summed E-state index contributed by atoms with van der Waals surface area (Å²) in [5.41, 5.74) is 1.08. The minimum absolute atomic E-state index is 0.131. The Morgan fingerprint density at radius 2 is 1.94 bits per heavy atom. The van der Waals surface area contributed by atoms with E-state index in [9.17, 15) is 4.39 Å². The van der Waals surface area contributed by atoms with Crippen LogP contribution in [0.25, 0.3) is 0 Å². The summed E-state index contributed by atoms with van der Waals surface area (Å²) in [6.07, 6.45) is 9.33. The van der Waals surface area contributed by atoms with Crippen molar-refractivity contribution in [3.05, 3.63) is 35.6 Å². The molecular weight excluding hydrogens is 225 g/mol. The molecule has 2 rings (SSSR count). The average Bonchev–Trinajstić information content (AvgIpc) is 2.64. The molecule has 2 heteroatoms. The maximum Gasteiger partial charge on any atom is 0.123 e. The van der Waals surface area contributed by atoms with Crippen LogP contribution in [-0.4, -0.2) is 7.05 Å². The van der Waals surface area contributed by atoms with Crippen molar-refractivity contribution in [3.8, 4) is 0 Å². The number of benzene rings is 1. The zero-order valence-corrected chi connectivity index (χ0v) is 11.3. The van der Waals surface area contributed by atoms with E-state index >= 15 is 0 Å². The van der Waals surface area contributed by atoms with Gasteiger partial charge in [0.1, 0.15) is 5.82 Å². The molecular formula is C16H24FN. The monoisotopic (exact) mass is 249 g/mol. The van der Waals surface area contributed by atoms with Crippen molar-refractivity contribution in [2.24, 2.45) is 5.92 Å². The molecule has 1 aromatic carbocycles. The Kier molecular flexibility index (Phi) is 5.18. The highest BCUT2D eigenvalue weighted by molar-refractivity contribution is 5.20. The van der Waals surface area contributed by atoms with Gasteiger partial charge in [-0.25, -0.2) is 4.39 Å². The predicted molar refractivity (Wildman–Crippen MR) is 74.0 cm³/mol. The maximum absolute atomic E-state index is 13.3. The summed E-state index contributed by atoms with van der Waals surface area (Å²) in [5, 5.41) is 3.35. The van der Waals surface area contributed by atoms with Crippen LogP contribution in [0.3, 0.4) is 0 Å². The molecule has 1 saturated carbocycles. The summed E-state index contributed by atoms with van der Waals surface area (Å²) in [4.78, 5) is 0. The SMILES string of the molecule is CNC(CC1CCCCCC1)c1cccc(F)c1. The van der Waals surface area contributed by atoms with Gasteiger partial charge in [-0.2, -0.15) is 0 Å². The van der Waals surface area contributed by atoms with E-state index in [0.717, 1.165) is 17.9 Å². The lowest BCUT2D eigenvalue weighted by Gasteiger charge is -2.22. The summed E-state index contributed by atoms with van der Waals surface area (Å²) in [6.45, 7) is 0. The molecule has 1 nitrogen and oxygen atoms in total. The van der Waals surface area contributed by atoms with Crippen molar-refractivity contribution < 1.29 is 4.39 Å². The highest BCUT2D eigenvalue weighted by Crippen LogP contribution is 2.31. The van der Waals surface area contributed by atoms with E-state index in [0.29, 0.717) is 6.04 Å². The molecule has 0 saturated heterocycles. The quantitative estimate of drug-likeness (QED) is 0.777. The van der Waals surface area contributed by atoms with Gasteiger partial charge in [-0.3, -0.25) is 0 Å². The molecule has 1 unspecified atom stereocenters. The Balaban J connectivity index is 1.99. The first-order chi connectivity index (χ1) is 8.79. The van der Waals surface area contributed by atoms with Crippen molar-refractivity contribution in [3.63, 3.8) is 0 Å². The lowest BCUT2D eigenvalue weighted by Crippen LogP contribution is -2.20. The predicted octanol–water partition coefficient (Wildman–Crippen LogP) is 4.45. The van der Waals surface area contributed by atoms with E-state index in [2.05, 4.69) is 5.32 Å². The van der Waals surface area contributed by atoms with Crippen LogP contribution in [0.5, 0.6) is 0 Å². The van der Waals surface area contributed by atoms with Gasteiger partial charge in [0.2, 0.25) is 0 Å². The zero-order chi connectivity index (χ0) is 12.8. The Labute approximate surface area is 110 Å². The van der Waals surface area contributed by atoms with Gasteiger partial charge in [0.15, 0.2) is 0 Å². The molecule has 1 aromatic rings. The summed E-state index contributed by atoms with van der Waals surface area (Å²) < 4.78 is 13.3. The van der Waals surface area contributed by atoms with Crippen molar-refractivity contribution in [1.29, 1.82) is 0 Å². The second-order valence-electron chi connectivity index (χ2n) is 5.49. The Hall–Kier alpha value is -0.890. The highest BCUT2D eigenvalue weighted by atomic mass is 19.1. The fraction of sp³-hybridized carbons (Fsp3) is 0.625. The molecule has 1 fully saturated rings. The Bertz CT molecular complexity index is 356. The third kappa shape index (κ3) is 3.81. The number of hydrogen-bond donors (Lipinski definition) is 1. The fourth-order valence-electron chi connectivity index (χ4n) is 3.08. The van der Waals surface area contributed by atoms with Crippen LogP contribution in [0.15, 0.2) is 24.3 Å². The molecule has 0 aromatic heterocycles. The van der Waals surface area contributed by atoms with Gasteiger partial charge in [-0.1, -0.05) is 50.7 Å².